The van der Waals surface area contributed by atoms with Crippen LogP contribution in [0.4, 0.5) is 15.8 Å². The molecule has 39 heavy (non-hydrogen) atoms. The lowest BCUT2D eigenvalue weighted by molar-refractivity contribution is 0.0955. The molecule has 4 rings (SSSR count). The number of halogens is 1. The van der Waals surface area contributed by atoms with Gasteiger partial charge in [0.2, 0.25) is 0 Å². The second kappa shape index (κ2) is 12.3. The summed E-state index contributed by atoms with van der Waals surface area (Å²) >= 11 is 0. The highest BCUT2D eigenvalue weighted by atomic mass is 32.2. The molecule has 0 aliphatic heterocycles. The maximum Gasteiger partial charge on any atom is 0.265 e. The van der Waals surface area contributed by atoms with Crippen molar-refractivity contribution in [2.45, 2.75) is 4.90 Å². The summed E-state index contributed by atoms with van der Waals surface area (Å²) in [5, 5.41) is 5.98. The first-order valence-electron chi connectivity index (χ1n) is 12.0. The van der Waals surface area contributed by atoms with Gasteiger partial charge in [-0.1, -0.05) is 30.3 Å². The molecule has 0 bridgehead atoms. The summed E-state index contributed by atoms with van der Waals surface area (Å²) in [5.41, 5.74) is 2.17. The molecule has 0 unspecified atom stereocenters. The van der Waals surface area contributed by atoms with Gasteiger partial charge in [0, 0.05) is 29.9 Å². The molecule has 0 aromatic heterocycles. The van der Waals surface area contributed by atoms with E-state index in [2.05, 4.69) is 15.4 Å². The van der Waals surface area contributed by atoms with Crippen LogP contribution in [0.25, 0.3) is 11.1 Å². The molecule has 0 aliphatic rings. The molecule has 0 spiro atoms. The van der Waals surface area contributed by atoms with Crippen molar-refractivity contribution < 1.29 is 27.1 Å². The fourth-order valence-corrected chi connectivity index (χ4v) is 5.13. The van der Waals surface area contributed by atoms with Crippen LogP contribution >= 0.6 is 0 Å². The molecular formula is C29H28FN3O5S. The minimum absolute atomic E-state index is 0.120. The van der Waals surface area contributed by atoms with E-state index in [-0.39, 0.29) is 22.1 Å². The summed E-state index contributed by atoms with van der Waals surface area (Å²) in [4.78, 5) is 12.2. The van der Waals surface area contributed by atoms with Crippen molar-refractivity contribution >= 4 is 27.3 Å². The Hall–Kier alpha value is -4.57. The quantitative estimate of drug-likeness (QED) is 0.224. The predicted molar refractivity (Wildman–Crippen MR) is 149 cm³/mol. The zero-order valence-corrected chi connectivity index (χ0v) is 22.2. The van der Waals surface area contributed by atoms with Crippen molar-refractivity contribution in [1.29, 1.82) is 0 Å². The maximum atomic E-state index is 14.3. The fraction of sp³-hybridized carbons (Fsp3) is 0.138. The largest absolute Gasteiger partial charge is 0.497 e. The average molecular weight is 550 g/mol. The molecule has 0 atom stereocenters. The minimum Gasteiger partial charge on any atom is -0.497 e. The monoisotopic (exact) mass is 549 g/mol. The lowest BCUT2D eigenvalue weighted by atomic mass is 10.1. The molecular weight excluding hydrogens is 521 g/mol. The van der Waals surface area contributed by atoms with Crippen molar-refractivity contribution in [2.75, 3.05) is 37.3 Å². The zero-order valence-electron chi connectivity index (χ0n) is 21.4. The minimum atomic E-state index is -4.08. The van der Waals surface area contributed by atoms with E-state index >= 15 is 0 Å². The standard InChI is InChI=1S/C29H28FN3O5S/c1-37-24-13-10-20(11-14-24)29(34)32-17-16-31-22-6-5-7-23(19-22)33-39(35,36)28-18-21(12-15-27(28)38-2)25-8-3-4-9-26(25)30/h3-15,18-19,31,33H,16-17H2,1-2H3,(H,32,34). The molecule has 4 aromatic carbocycles. The van der Waals surface area contributed by atoms with Crippen LogP contribution in [-0.2, 0) is 10.0 Å². The number of benzene rings is 4. The third-order valence-corrected chi connectivity index (χ3v) is 7.25. The predicted octanol–water partition coefficient (Wildman–Crippen LogP) is 5.15. The first-order chi connectivity index (χ1) is 18.8. The molecule has 202 valence electrons. The van der Waals surface area contributed by atoms with Gasteiger partial charge < -0.3 is 20.1 Å². The Morgan fingerprint density at radius 1 is 0.821 bits per heavy atom. The number of carbonyl (C=O) groups is 1. The average Bonchev–Trinajstić information content (AvgIpc) is 2.95. The van der Waals surface area contributed by atoms with Gasteiger partial charge in [-0.2, -0.15) is 0 Å². The highest BCUT2D eigenvalue weighted by Crippen LogP contribution is 2.32. The molecule has 1 amide bonds. The maximum absolute atomic E-state index is 14.3. The summed E-state index contributed by atoms with van der Waals surface area (Å²) in [6.45, 7) is 0.761. The van der Waals surface area contributed by atoms with E-state index in [1.807, 2.05) is 0 Å². The molecule has 4 aromatic rings. The molecule has 0 saturated carbocycles. The third kappa shape index (κ3) is 6.85. The zero-order chi connectivity index (χ0) is 27.8. The summed E-state index contributed by atoms with van der Waals surface area (Å²) < 4.78 is 53.9. The summed E-state index contributed by atoms with van der Waals surface area (Å²) in [6.07, 6.45) is 0. The Kier molecular flexibility index (Phi) is 8.67. The van der Waals surface area contributed by atoms with Crippen molar-refractivity contribution in [3.8, 4) is 22.6 Å². The van der Waals surface area contributed by atoms with Crippen LogP contribution in [-0.4, -0.2) is 41.6 Å². The van der Waals surface area contributed by atoms with E-state index in [0.29, 0.717) is 41.3 Å². The van der Waals surface area contributed by atoms with Gasteiger partial charge in [0.15, 0.2) is 0 Å². The highest BCUT2D eigenvalue weighted by Gasteiger charge is 2.21. The lowest BCUT2D eigenvalue weighted by Crippen LogP contribution is -2.28. The first-order valence-corrected chi connectivity index (χ1v) is 13.5. The topological polar surface area (TPSA) is 106 Å². The van der Waals surface area contributed by atoms with Crippen LogP contribution in [0.15, 0.2) is 95.9 Å². The van der Waals surface area contributed by atoms with Crippen molar-refractivity contribution in [3.63, 3.8) is 0 Å². The number of anilines is 2. The van der Waals surface area contributed by atoms with E-state index in [9.17, 15) is 17.6 Å². The van der Waals surface area contributed by atoms with Crippen LogP contribution in [0, 0.1) is 5.82 Å². The van der Waals surface area contributed by atoms with E-state index in [1.165, 1.54) is 25.3 Å². The van der Waals surface area contributed by atoms with Gasteiger partial charge in [-0.15, -0.1) is 0 Å². The summed E-state index contributed by atoms with van der Waals surface area (Å²) in [6, 6.07) is 24.1. The van der Waals surface area contributed by atoms with Crippen LogP contribution in [0.2, 0.25) is 0 Å². The number of amides is 1. The molecule has 3 N–H and O–H groups in total. The van der Waals surface area contributed by atoms with E-state index in [1.54, 1.807) is 79.9 Å². The van der Waals surface area contributed by atoms with Gasteiger partial charge in [-0.25, -0.2) is 12.8 Å². The number of hydrogen-bond acceptors (Lipinski definition) is 6. The Morgan fingerprint density at radius 2 is 1.56 bits per heavy atom. The Labute approximate surface area is 226 Å². The van der Waals surface area contributed by atoms with E-state index in [4.69, 9.17) is 9.47 Å². The van der Waals surface area contributed by atoms with Crippen LogP contribution in [0.1, 0.15) is 10.4 Å². The number of rotatable bonds is 11. The van der Waals surface area contributed by atoms with Gasteiger partial charge in [0.25, 0.3) is 15.9 Å². The normalized spacial score (nSPS) is 10.9. The fourth-order valence-electron chi connectivity index (χ4n) is 3.88. The third-order valence-electron chi connectivity index (χ3n) is 5.84. The SMILES string of the molecule is COc1ccc(C(=O)NCCNc2cccc(NS(=O)(=O)c3cc(-c4ccccc4F)ccc3OC)c2)cc1. The van der Waals surface area contributed by atoms with E-state index < -0.39 is 15.8 Å². The molecule has 0 fully saturated rings. The molecule has 0 aliphatic carbocycles. The van der Waals surface area contributed by atoms with Crippen molar-refractivity contribution in [3.05, 3.63) is 102 Å². The van der Waals surface area contributed by atoms with Crippen LogP contribution < -0.4 is 24.8 Å². The molecule has 0 radical (unpaired) electrons. The second-order valence-corrected chi connectivity index (χ2v) is 10.1. The Balaban J connectivity index is 1.41. The lowest BCUT2D eigenvalue weighted by Gasteiger charge is -2.15. The molecule has 8 nitrogen and oxygen atoms in total. The highest BCUT2D eigenvalue weighted by molar-refractivity contribution is 7.92. The van der Waals surface area contributed by atoms with Crippen molar-refractivity contribution in [2.24, 2.45) is 0 Å². The van der Waals surface area contributed by atoms with E-state index in [0.717, 1.165) is 0 Å². The Bertz CT molecular complexity index is 1560. The number of hydrogen-bond donors (Lipinski definition) is 3. The number of sulfonamides is 1. The second-order valence-electron chi connectivity index (χ2n) is 8.44. The Morgan fingerprint density at radius 3 is 2.28 bits per heavy atom. The van der Waals surface area contributed by atoms with Gasteiger partial charge >= 0.3 is 0 Å². The van der Waals surface area contributed by atoms with Gasteiger partial charge in [0.1, 0.15) is 22.2 Å². The number of carbonyl (C=O) groups excluding carboxylic acids is 1. The smallest absolute Gasteiger partial charge is 0.265 e. The number of nitrogens with one attached hydrogen (secondary N) is 3. The van der Waals surface area contributed by atoms with Gasteiger partial charge in [0.05, 0.1) is 19.9 Å². The summed E-state index contributed by atoms with van der Waals surface area (Å²) in [7, 11) is -1.15. The molecule has 0 saturated heterocycles. The van der Waals surface area contributed by atoms with Crippen LogP contribution in [0.3, 0.4) is 0 Å². The molecule has 10 heteroatoms. The van der Waals surface area contributed by atoms with Gasteiger partial charge in [-0.3, -0.25) is 9.52 Å². The van der Waals surface area contributed by atoms with Crippen LogP contribution in [0.5, 0.6) is 11.5 Å². The first kappa shape index (κ1) is 27.5. The number of ether oxygens (including phenoxy) is 2. The van der Waals surface area contributed by atoms with Crippen molar-refractivity contribution in [1.82, 2.24) is 5.32 Å². The molecule has 0 heterocycles. The number of methoxy groups -OCH3 is 2. The summed E-state index contributed by atoms with van der Waals surface area (Å²) in [5.74, 6) is 0.120. The van der Waals surface area contributed by atoms with Gasteiger partial charge in [-0.05, 0) is 66.2 Å².